The van der Waals surface area contributed by atoms with Crippen LogP contribution in [-0.4, -0.2) is 6.29 Å². The Kier molecular flexibility index (Phi) is 2.00. The molecule has 0 heterocycles. The zero-order valence-corrected chi connectivity index (χ0v) is 7.13. The van der Waals surface area contributed by atoms with Crippen molar-refractivity contribution in [3.63, 3.8) is 0 Å². The Balaban J connectivity index is 2.90. The second kappa shape index (κ2) is 3.18. The van der Waals surface area contributed by atoms with E-state index in [4.69, 9.17) is 0 Å². The van der Waals surface area contributed by atoms with Crippen molar-refractivity contribution in [2.24, 2.45) is 0 Å². The van der Waals surface area contributed by atoms with Crippen molar-refractivity contribution in [1.29, 1.82) is 0 Å². The van der Waals surface area contributed by atoms with E-state index in [1.807, 2.05) is 0 Å². The van der Waals surface area contributed by atoms with E-state index < -0.39 is 11.6 Å². The number of aldehydes is 1. The molecule has 0 fully saturated rings. The molecule has 0 aliphatic heterocycles. The van der Waals surface area contributed by atoms with Gasteiger partial charge in [0.1, 0.15) is 17.9 Å². The third kappa shape index (κ3) is 1.27. The first-order chi connectivity index (χ1) is 6.72. The van der Waals surface area contributed by atoms with Gasteiger partial charge in [-0.1, -0.05) is 12.1 Å². The van der Waals surface area contributed by atoms with Gasteiger partial charge in [0.25, 0.3) is 0 Å². The number of carbonyl (C=O) groups is 1. The Bertz CT molecular complexity index is 506. The molecule has 0 atom stereocenters. The highest BCUT2D eigenvalue weighted by Gasteiger charge is 2.06. The lowest BCUT2D eigenvalue weighted by molar-refractivity contribution is 0.112. The Morgan fingerprint density at radius 2 is 1.79 bits per heavy atom. The van der Waals surface area contributed by atoms with Crippen LogP contribution in [0.15, 0.2) is 30.3 Å². The second-order valence-electron chi connectivity index (χ2n) is 2.96. The first-order valence-electron chi connectivity index (χ1n) is 4.05. The molecule has 0 spiro atoms. The smallest absolute Gasteiger partial charge is 0.150 e. The van der Waals surface area contributed by atoms with Crippen molar-refractivity contribution < 1.29 is 13.6 Å². The van der Waals surface area contributed by atoms with Crippen molar-refractivity contribution in [2.45, 2.75) is 0 Å². The van der Waals surface area contributed by atoms with Crippen LogP contribution in [0.3, 0.4) is 0 Å². The number of carbonyl (C=O) groups excluding carboxylic acids is 1. The molecule has 3 heteroatoms. The number of fused-ring (bicyclic) bond motifs is 1. The highest BCUT2D eigenvalue weighted by molar-refractivity contribution is 5.89. The Labute approximate surface area is 79.0 Å². The molecule has 2 aromatic rings. The molecular formula is C11H6F2O. The largest absolute Gasteiger partial charge is 0.298 e. The van der Waals surface area contributed by atoms with E-state index >= 15 is 0 Å². The van der Waals surface area contributed by atoms with E-state index in [0.29, 0.717) is 6.29 Å². The van der Waals surface area contributed by atoms with E-state index in [0.717, 1.165) is 6.07 Å². The Hall–Kier alpha value is -1.77. The lowest BCUT2D eigenvalue weighted by Gasteiger charge is -2.01. The fraction of sp³-hybridized carbons (Fsp3) is 0. The van der Waals surface area contributed by atoms with Crippen LogP contribution in [-0.2, 0) is 0 Å². The van der Waals surface area contributed by atoms with Gasteiger partial charge in [-0.05, 0) is 18.2 Å². The average Bonchev–Trinajstić information content (AvgIpc) is 2.19. The topological polar surface area (TPSA) is 17.1 Å². The van der Waals surface area contributed by atoms with Gasteiger partial charge in [-0.25, -0.2) is 8.78 Å². The van der Waals surface area contributed by atoms with Crippen LogP contribution < -0.4 is 0 Å². The number of benzene rings is 2. The van der Waals surface area contributed by atoms with Gasteiger partial charge in [-0.2, -0.15) is 0 Å². The van der Waals surface area contributed by atoms with Crippen LogP contribution in [0.4, 0.5) is 8.78 Å². The minimum Gasteiger partial charge on any atom is -0.298 e. The molecular weight excluding hydrogens is 186 g/mol. The van der Waals surface area contributed by atoms with Gasteiger partial charge in [0.05, 0.1) is 0 Å². The van der Waals surface area contributed by atoms with Crippen LogP contribution in [0, 0.1) is 11.6 Å². The normalized spacial score (nSPS) is 10.4. The Morgan fingerprint density at radius 3 is 2.50 bits per heavy atom. The van der Waals surface area contributed by atoms with Gasteiger partial charge in [0.2, 0.25) is 0 Å². The highest BCUT2D eigenvalue weighted by atomic mass is 19.1. The van der Waals surface area contributed by atoms with Gasteiger partial charge in [-0.15, -0.1) is 0 Å². The lowest BCUT2D eigenvalue weighted by Crippen LogP contribution is -1.88. The minimum atomic E-state index is -0.580. The van der Waals surface area contributed by atoms with Crippen molar-refractivity contribution >= 4 is 17.1 Å². The van der Waals surface area contributed by atoms with Gasteiger partial charge in [-0.3, -0.25) is 4.79 Å². The molecule has 0 bridgehead atoms. The summed E-state index contributed by atoms with van der Waals surface area (Å²) in [6, 6.07) is 6.57. The first-order valence-corrected chi connectivity index (χ1v) is 4.05. The van der Waals surface area contributed by atoms with Crippen molar-refractivity contribution in [3.8, 4) is 0 Å². The molecule has 0 radical (unpaired) electrons. The summed E-state index contributed by atoms with van der Waals surface area (Å²) >= 11 is 0. The van der Waals surface area contributed by atoms with Crippen molar-refractivity contribution in [1.82, 2.24) is 0 Å². The predicted molar refractivity (Wildman–Crippen MR) is 49.3 cm³/mol. The minimum absolute atomic E-state index is 0.134. The number of rotatable bonds is 1. The van der Waals surface area contributed by atoms with Crippen molar-refractivity contribution in [3.05, 3.63) is 47.5 Å². The zero-order valence-electron chi connectivity index (χ0n) is 7.13. The third-order valence-corrected chi connectivity index (χ3v) is 2.05. The summed E-state index contributed by atoms with van der Waals surface area (Å²) in [7, 11) is 0. The fourth-order valence-electron chi connectivity index (χ4n) is 1.39. The fourth-order valence-corrected chi connectivity index (χ4v) is 1.39. The maximum absolute atomic E-state index is 13.3. The van der Waals surface area contributed by atoms with E-state index in [2.05, 4.69) is 0 Å². The van der Waals surface area contributed by atoms with E-state index in [1.54, 1.807) is 0 Å². The van der Waals surface area contributed by atoms with E-state index in [9.17, 15) is 13.6 Å². The molecule has 0 saturated carbocycles. The molecule has 0 saturated heterocycles. The van der Waals surface area contributed by atoms with Crippen LogP contribution in [0.5, 0.6) is 0 Å². The first kappa shape index (κ1) is 8.81. The second-order valence-corrected chi connectivity index (χ2v) is 2.96. The molecule has 0 aromatic heterocycles. The van der Waals surface area contributed by atoms with Gasteiger partial charge in [0.15, 0.2) is 0 Å². The number of hydrogen-bond donors (Lipinski definition) is 0. The summed E-state index contributed by atoms with van der Waals surface area (Å²) in [6.45, 7) is 0. The van der Waals surface area contributed by atoms with E-state index in [-0.39, 0.29) is 16.3 Å². The molecule has 0 N–H and O–H groups in total. The van der Waals surface area contributed by atoms with Gasteiger partial charge < -0.3 is 0 Å². The van der Waals surface area contributed by atoms with E-state index in [1.165, 1.54) is 24.3 Å². The zero-order chi connectivity index (χ0) is 10.1. The summed E-state index contributed by atoms with van der Waals surface area (Å²) in [5, 5.41) is 0.324. The summed E-state index contributed by atoms with van der Waals surface area (Å²) in [5.74, 6) is -1.10. The average molecular weight is 192 g/mol. The van der Waals surface area contributed by atoms with Crippen LogP contribution in [0.25, 0.3) is 10.8 Å². The third-order valence-electron chi connectivity index (χ3n) is 2.05. The molecule has 70 valence electrons. The van der Waals surface area contributed by atoms with Gasteiger partial charge in [0, 0.05) is 16.3 Å². The molecule has 0 aliphatic carbocycles. The van der Waals surface area contributed by atoms with Crippen LogP contribution >= 0.6 is 0 Å². The summed E-state index contributed by atoms with van der Waals surface area (Å²) in [6.07, 6.45) is 0.495. The lowest BCUT2D eigenvalue weighted by atomic mass is 10.1. The molecule has 2 aromatic carbocycles. The number of halogens is 2. The van der Waals surface area contributed by atoms with Crippen LogP contribution in [0.1, 0.15) is 10.4 Å². The molecule has 2 rings (SSSR count). The van der Waals surface area contributed by atoms with Gasteiger partial charge >= 0.3 is 0 Å². The SMILES string of the molecule is O=Cc1cc(F)c2cccc(F)c2c1. The molecule has 0 amide bonds. The molecule has 0 unspecified atom stereocenters. The maximum atomic E-state index is 13.3. The summed E-state index contributed by atoms with van der Waals surface area (Å²) < 4.78 is 26.5. The molecule has 14 heavy (non-hydrogen) atoms. The Morgan fingerprint density at radius 1 is 1.00 bits per heavy atom. The molecule has 1 nitrogen and oxygen atoms in total. The molecule has 0 aliphatic rings. The maximum Gasteiger partial charge on any atom is 0.150 e. The predicted octanol–water partition coefficient (Wildman–Crippen LogP) is 2.93. The van der Waals surface area contributed by atoms with Crippen molar-refractivity contribution in [2.75, 3.05) is 0 Å². The highest BCUT2D eigenvalue weighted by Crippen LogP contribution is 2.21. The summed E-state index contributed by atoms with van der Waals surface area (Å²) in [4.78, 5) is 10.4. The standard InChI is InChI=1S/C11H6F2O/c12-10-3-1-2-8-9(10)4-7(6-14)5-11(8)13/h1-6H. The monoisotopic (exact) mass is 192 g/mol. The van der Waals surface area contributed by atoms with Crippen LogP contribution in [0.2, 0.25) is 0 Å². The summed E-state index contributed by atoms with van der Waals surface area (Å²) in [5.41, 5.74) is 0.139. The number of hydrogen-bond acceptors (Lipinski definition) is 1. The quantitative estimate of drug-likeness (QED) is 0.635.